The lowest BCUT2D eigenvalue weighted by Gasteiger charge is -2.34. The zero-order valence-corrected chi connectivity index (χ0v) is 28.9. The fraction of sp³-hybridized carbons (Fsp3) is 0.297. The minimum atomic E-state index is -4.20. The number of anilines is 1. The van der Waals surface area contributed by atoms with Gasteiger partial charge in [0.15, 0.2) is 0 Å². The second-order valence-corrected chi connectivity index (χ2v) is 14.8. The molecule has 1 fully saturated rings. The van der Waals surface area contributed by atoms with Crippen molar-refractivity contribution in [3.8, 4) is 0 Å². The van der Waals surface area contributed by atoms with Crippen LogP contribution in [0.3, 0.4) is 0 Å². The van der Waals surface area contributed by atoms with E-state index in [0.29, 0.717) is 21.3 Å². The molecule has 0 bridgehead atoms. The average Bonchev–Trinajstić information content (AvgIpc) is 3.56. The first-order valence-corrected chi connectivity index (χ1v) is 18.0. The van der Waals surface area contributed by atoms with E-state index in [2.05, 4.69) is 5.32 Å². The third-order valence-corrected chi connectivity index (χ3v) is 11.0. The first-order valence-electron chi connectivity index (χ1n) is 15.8. The molecule has 0 aliphatic heterocycles. The van der Waals surface area contributed by atoms with Gasteiger partial charge in [-0.1, -0.05) is 102 Å². The van der Waals surface area contributed by atoms with Crippen LogP contribution in [0.4, 0.5) is 5.69 Å². The van der Waals surface area contributed by atoms with Crippen molar-refractivity contribution in [2.75, 3.05) is 10.8 Å². The fourth-order valence-electron chi connectivity index (χ4n) is 5.92. The van der Waals surface area contributed by atoms with Gasteiger partial charge >= 0.3 is 0 Å². The Hall–Kier alpha value is -3.85. The van der Waals surface area contributed by atoms with E-state index < -0.39 is 28.5 Å². The minimum Gasteiger partial charge on any atom is -0.352 e. The van der Waals surface area contributed by atoms with Crippen LogP contribution in [-0.2, 0) is 32.6 Å². The zero-order chi connectivity index (χ0) is 33.6. The summed E-state index contributed by atoms with van der Waals surface area (Å²) in [6.45, 7) is 3.08. The van der Waals surface area contributed by atoms with Crippen LogP contribution in [0.15, 0.2) is 102 Å². The molecule has 1 atom stereocenters. The number of benzene rings is 4. The predicted octanol–water partition coefficient (Wildman–Crippen LogP) is 7.50. The number of halogens is 2. The first kappa shape index (κ1) is 34.5. The van der Waals surface area contributed by atoms with Gasteiger partial charge in [-0.3, -0.25) is 13.9 Å². The highest BCUT2D eigenvalue weighted by Crippen LogP contribution is 2.30. The summed E-state index contributed by atoms with van der Waals surface area (Å²) in [5, 5.41) is 3.85. The lowest BCUT2D eigenvalue weighted by atomic mass is 10.0. The number of rotatable bonds is 12. The number of amides is 2. The Morgan fingerprint density at radius 1 is 0.830 bits per heavy atom. The Balaban J connectivity index is 1.59. The zero-order valence-electron chi connectivity index (χ0n) is 26.5. The maximum atomic E-state index is 14.7. The highest BCUT2D eigenvalue weighted by molar-refractivity contribution is 7.92. The van der Waals surface area contributed by atoms with E-state index in [-0.39, 0.29) is 29.8 Å². The molecule has 7 nitrogen and oxygen atoms in total. The summed E-state index contributed by atoms with van der Waals surface area (Å²) in [7, 11) is -4.20. The van der Waals surface area contributed by atoms with E-state index in [1.807, 2.05) is 50.2 Å². The Kier molecular flexibility index (Phi) is 11.3. The summed E-state index contributed by atoms with van der Waals surface area (Å²) in [4.78, 5) is 30.3. The minimum absolute atomic E-state index is 0.00679. The molecule has 0 aromatic heterocycles. The van der Waals surface area contributed by atoms with Gasteiger partial charge in [-0.2, -0.15) is 0 Å². The van der Waals surface area contributed by atoms with Crippen molar-refractivity contribution in [1.82, 2.24) is 10.2 Å². The second-order valence-electron chi connectivity index (χ2n) is 12.1. The molecule has 1 aliphatic rings. The lowest BCUT2D eigenvalue weighted by molar-refractivity contribution is -0.140. The van der Waals surface area contributed by atoms with E-state index in [9.17, 15) is 18.0 Å². The summed E-state index contributed by atoms with van der Waals surface area (Å²) >= 11 is 13.2. The van der Waals surface area contributed by atoms with Crippen LogP contribution >= 0.6 is 23.2 Å². The van der Waals surface area contributed by atoms with Gasteiger partial charge in [0.25, 0.3) is 10.0 Å². The van der Waals surface area contributed by atoms with Crippen LogP contribution in [-0.4, -0.2) is 43.8 Å². The predicted molar refractivity (Wildman–Crippen MR) is 188 cm³/mol. The van der Waals surface area contributed by atoms with Crippen LogP contribution in [0.2, 0.25) is 10.0 Å². The van der Waals surface area contributed by atoms with Gasteiger partial charge < -0.3 is 10.2 Å². The van der Waals surface area contributed by atoms with Gasteiger partial charge in [0.05, 0.1) is 10.6 Å². The maximum Gasteiger partial charge on any atom is 0.264 e. The molecule has 0 unspecified atom stereocenters. The molecule has 4 aromatic rings. The fourth-order valence-corrected chi connectivity index (χ4v) is 7.85. The Morgan fingerprint density at radius 3 is 2.11 bits per heavy atom. The highest BCUT2D eigenvalue weighted by atomic mass is 35.5. The quantitative estimate of drug-likeness (QED) is 0.167. The van der Waals surface area contributed by atoms with Gasteiger partial charge in [0.2, 0.25) is 11.8 Å². The van der Waals surface area contributed by atoms with Gasteiger partial charge in [0, 0.05) is 34.6 Å². The van der Waals surface area contributed by atoms with Crippen LogP contribution in [0, 0.1) is 13.8 Å². The first-order chi connectivity index (χ1) is 22.5. The van der Waals surface area contributed by atoms with Crippen LogP contribution in [0.25, 0.3) is 0 Å². The van der Waals surface area contributed by atoms with Crippen LogP contribution < -0.4 is 9.62 Å². The molecule has 0 radical (unpaired) electrons. The monoisotopic (exact) mass is 691 g/mol. The number of hydrogen-bond acceptors (Lipinski definition) is 4. The molecule has 4 aromatic carbocycles. The van der Waals surface area contributed by atoms with Crippen LogP contribution in [0.5, 0.6) is 0 Å². The third-order valence-electron chi connectivity index (χ3n) is 8.54. The van der Waals surface area contributed by atoms with Crippen molar-refractivity contribution in [2.24, 2.45) is 0 Å². The largest absolute Gasteiger partial charge is 0.352 e. The number of aryl methyl sites for hydroxylation is 2. The number of nitrogens with one attached hydrogen (secondary N) is 1. The van der Waals surface area contributed by atoms with E-state index in [0.717, 1.165) is 46.7 Å². The van der Waals surface area contributed by atoms with Crippen molar-refractivity contribution in [3.05, 3.63) is 129 Å². The summed E-state index contributed by atoms with van der Waals surface area (Å²) < 4.78 is 29.6. The van der Waals surface area contributed by atoms with Gasteiger partial charge in [-0.05, 0) is 74.2 Å². The Labute approximate surface area is 287 Å². The summed E-state index contributed by atoms with van der Waals surface area (Å²) in [5.74, 6) is -0.874. The number of carbonyl (C=O) groups is 2. The van der Waals surface area contributed by atoms with Crippen LogP contribution in [0.1, 0.15) is 47.9 Å². The maximum absolute atomic E-state index is 14.7. The van der Waals surface area contributed by atoms with E-state index in [1.165, 1.54) is 17.0 Å². The molecular formula is C37H39Cl2N3O4S. The SMILES string of the molecule is Cc1ccc(S(=O)(=O)N(CC(=O)N(Cc2c(Cl)cccc2Cl)[C@H](Cc2ccccc2)C(=O)NC2CCCC2)c2cccc(C)c2)cc1. The van der Waals surface area contributed by atoms with E-state index in [4.69, 9.17) is 23.2 Å². The second kappa shape index (κ2) is 15.4. The normalized spacial score (nSPS) is 14.0. The van der Waals surface area contributed by atoms with Crippen molar-refractivity contribution in [1.29, 1.82) is 0 Å². The average molecular weight is 693 g/mol. The smallest absolute Gasteiger partial charge is 0.264 e. The van der Waals surface area contributed by atoms with Crippen molar-refractivity contribution < 1.29 is 18.0 Å². The molecule has 10 heteroatoms. The summed E-state index contributed by atoms with van der Waals surface area (Å²) in [5.41, 5.74) is 3.40. The van der Waals surface area contributed by atoms with Crippen molar-refractivity contribution >= 4 is 50.7 Å². The Morgan fingerprint density at radius 2 is 1.47 bits per heavy atom. The summed E-state index contributed by atoms with van der Waals surface area (Å²) in [6, 6.07) is 27.1. The number of hydrogen-bond donors (Lipinski definition) is 1. The molecule has 0 spiro atoms. The third kappa shape index (κ3) is 8.55. The molecule has 1 saturated carbocycles. The molecule has 246 valence electrons. The molecule has 0 heterocycles. The molecule has 47 heavy (non-hydrogen) atoms. The standard InChI is InChI=1S/C37H39Cl2N3O4S/c1-26-18-20-31(21-19-26)47(45,46)42(30-15-8-10-27(2)22-30)25-36(43)41(24-32-33(38)16-9-17-34(32)39)35(23-28-11-4-3-5-12-28)37(44)40-29-13-6-7-14-29/h3-5,8-12,15-22,29,35H,6-7,13-14,23-25H2,1-2H3,(H,40,44)/t35-/m1/s1. The van der Waals surface area contributed by atoms with Gasteiger partial charge in [0.1, 0.15) is 12.6 Å². The highest BCUT2D eigenvalue weighted by Gasteiger charge is 2.36. The van der Waals surface area contributed by atoms with Gasteiger partial charge in [-0.15, -0.1) is 0 Å². The molecule has 0 saturated heterocycles. The number of carbonyl (C=O) groups excluding carboxylic acids is 2. The molecule has 1 N–H and O–H groups in total. The number of sulfonamides is 1. The van der Waals surface area contributed by atoms with E-state index in [1.54, 1.807) is 48.5 Å². The molecular weight excluding hydrogens is 653 g/mol. The lowest BCUT2D eigenvalue weighted by Crippen LogP contribution is -2.54. The number of nitrogens with zero attached hydrogens (tertiary/aromatic N) is 2. The van der Waals surface area contributed by atoms with Crippen molar-refractivity contribution in [3.63, 3.8) is 0 Å². The molecule has 2 amide bonds. The molecule has 1 aliphatic carbocycles. The summed E-state index contributed by atoms with van der Waals surface area (Å²) in [6.07, 6.45) is 3.99. The topological polar surface area (TPSA) is 86.8 Å². The van der Waals surface area contributed by atoms with Crippen molar-refractivity contribution in [2.45, 2.75) is 69.5 Å². The van der Waals surface area contributed by atoms with Gasteiger partial charge in [-0.25, -0.2) is 8.42 Å². The Bertz CT molecular complexity index is 1790. The van der Waals surface area contributed by atoms with E-state index >= 15 is 0 Å². The molecule has 5 rings (SSSR count).